The second kappa shape index (κ2) is 3.95. The first-order valence-electron chi connectivity index (χ1n) is 1.12. The Morgan fingerprint density at radius 1 is 1.67 bits per heavy atom. The van der Waals surface area contributed by atoms with Crippen molar-refractivity contribution in [1.29, 1.82) is 0 Å². The zero-order chi connectivity index (χ0) is 3.54. The minimum atomic E-state index is 0. The third-order valence-corrected chi connectivity index (χ3v) is 0.251. The van der Waals surface area contributed by atoms with Gasteiger partial charge in [-0.15, -0.1) is 0 Å². The first-order valence-corrected chi connectivity index (χ1v) is 1.12. The zero-order valence-electron chi connectivity index (χ0n) is 3.38. The third kappa shape index (κ3) is 2.04. The van der Waals surface area contributed by atoms with E-state index in [0.717, 1.165) is 0 Å². The van der Waals surface area contributed by atoms with Crippen LogP contribution in [0.25, 0.3) is 0 Å². The van der Waals surface area contributed by atoms with Crippen LogP contribution >= 0.6 is 0 Å². The molecule has 0 aromatic carbocycles. The topological polar surface area (TPSA) is 38.9 Å². The molecule has 0 bridgehead atoms. The van der Waals surface area contributed by atoms with Gasteiger partial charge < -0.3 is 4.42 Å². The standard InChI is InChI=1S/C2HN2O.K/c1-3-4-2-5-1;/h1H;/q-1;+1. The average Bonchev–Trinajstić information content (AvgIpc) is 1.76. The van der Waals surface area contributed by atoms with Crippen molar-refractivity contribution < 1.29 is 55.8 Å². The molecule has 0 atom stereocenters. The van der Waals surface area contributed by atoms with Crippen LogP contribution < -0.4 is 51.4 Å². The SMILES string of the molecule is [K+].[c-]1nnco1. The molecule has 0 saturated heterocycles. The number of nitrogens with zero attached hydrogens (tertiary/aromatic N) is 2. The first kappa shape index (κ1) is 6.78. The van der Waals surface area contributed by atoms with E-state index < -0.39 is 0 Å². The molecule has 4 heteroatoms. The van der Waals surface area contributed by atoms with Gasteiger partial charge in [0.15, 0.2) is 0 Å². The van der Waals surface area contributed by atoms with E-state index in [9.17, 15) is 0 Å². The molecular weight excluding hydrogens is 107 g/mol. The Hall–Kier alpha value is 0.776. The quantitative estimate of drug-likeness (QED) is 0.260. The molecule has 0 saturated carbocycles. The molecule has 0 aliphatic carbocycles. The van der Waals surface area contributed by atoms with E-state index in [4.69, 9.17) is 0 Å². The molecule has 6 heavy (non-hydrogen) atoms. The van der Waals surface area contributed by atoms with E-state index in [0.29, 0.717) is 0 Å². The van der Waals surface area contributed by atoms with Crippen molar-refractivity contribution in [3.05, 3.63) is 12.8 Å². The third-order valence-electron chi connectivity index (χ3n) is 0.251. The summed E-state index contributed by atoms with van der Waals surface area (Å²) in [6, 6.07) is 0. The van der Waals surface area contributed by atoms with Gasteiger partial charge in [-0.1, -0.05) is 0 Å². The van der Waals surface area contributed by atoms with Gasteiger partial charge in [0.2, 0.25) is 0 Å². The Bertz CT molecular complexity index is 68.0. The van der Waals surface area contributed by atoms with Crippen molar-refractivity contribution in [2.75, 3.05) is 0 Å². The van der Waals surface area contributed by atoms with Crippen LogP contribution in [0.5, 0.6) is 0 Å². The fourth-order valence-electron chi connectivity index (χ4n) is 0.118. The Morgan fingerprint density at radius 3 is 2.67 bits per heavy atom. The summed E-state index contributed by atoms with van der Waals surface area (Å²) >= 11 is 0. The van der Waals surface area contributed by atoms with Gasteiger partial charge in [-0.05, 0) is 0 Å². The summed E-state index contributed by atoms with van der Waals surface area (Å²) in [5, 5.41) is 6.43. The molecule has 0 spiro atoms. The number of aromatic nitrogens is 2. The van der Waals surface area contributed by atoms with E-state index in [1.807, 2.05) is 0 Å². The molecule has 0 aliphatic rings. The van der Waals surface area contributed by atoms with Crippen molar-refractivity contribution in [1.82, 2.24) is 10.2 Å². The van der Waals surface area contributed by atoms with Crippen LogP contribution in [0.1, 0.15) is 0 Å². The molecule has 0 radical (unpaired) electrons. The smallest absolute Gasteiger partial charge is 0.615 e. The monoisotopic (exact) mass is 108 g/mol. The van der Waals surface area contributed by atoms with Crippen LogP contribution in [0, 0.1) is 6.39 Å². The summed E-state index contributed by atoms with van der Waals surface area (Å²) in [6.07, 6.45) is 3.33. The van der Waals surface area contributed by atoms with Gasteiger partial charge in [-0.3, -0.25) is 0 Å². The Balaban J connectivity index is 0.000000250. The second-order valence-corrected chi connectivity index (χ2v) is 0.530. The molecule has 1 rings (SSSR count). The van der Waals surface area contributed by atoms with Crippen molar-refractivity contribution in [3.63, 3.8) is 0 Å². The fourth-order valence-corrected chi connectivity index (χ4v) is 0.118. The molecular formula is C2HKN2O. The molecule has 3 nitrogen and oxygen atoms in total. The maximum absolute atomic E-state index is 4.24. The maximum atomic E-state index is 4.24. The van der Waals surface area contributed by atoms with E-state index in [1.54, 1.807) is 0 Å². The van der Waals surface area contributed by atoms with Crippen LogP contribution in [0.3, 0.4) is 0 Å². The first-order chi connectivity index (χ1) is 2.50. The van der Waals surface area contributed by atoms with Gasteiger partial charge in [0.1, 0.15) is 0 Å². The predicted octanol–water partition coefficient (Wildman–Crippen LogP) is -3.13. The van der Waals surface area contributed by atoms with Gasteiger partial charge in [0.25, 0.3) is 0 Å². The molecule has 0 aliphatic heterocycles. The van der Waals surface area contributed by atoms with E-state index in [-0.39, 0.29) is 51.4 Å². The second-order valence-electron chi connectivity index (χ2n) is 0.530. The van der Waals surface area contributed by atoms with Crippen LogP contribution in [-0.4, -0.2) is 10.2 Å². The molecule has 0 N–H and O–H groups in total. The van der Waals surface area contributed by atoms with Crippen molar-refractivity contribution in [3.8, 4) is 0 Å². The van der Waals surface area contributed by atoms with Gasteiger partial charge in [-0.25, -0.2) is 10.2 Å². The molecule has 1 heterocycles. The zero-order valence-corrected chi connectivity index (χ0v) is 6.50. The molecule has 0 fully saturated rings. The Morgan fingerprint density at radius 2 is 2.50 bits per heavy atom. The number of rotatable bonds is 0. The maximum Gasteiger partial charge on any atom is 1.00 e. The largest absolute Gasteiger partial charge is 1.00 e. The number of hydrogen-bond acceptors (Lipinski definition) is 3. The molecule has 1 aromatic heterocycles. The summed E-state index contributed by atoms with van der Waals surface area (Å²) in [5.74, 6) is 0. The molecule has 1 aromatic rings. The minimum Gasteiger partial charge on any atom is -0.615 e. The summed E-state index contributed by atoms with van der Waals surface area (Å²) < 4.78 is 4.24. The number of hydrogen-bond donors (Lipinski definition) is 0. The summed E-state index contributed by atoms with van der Waals surface area (Å²) in [4.78, 5) is 0. The predicted molar refractivity (Wildman–Crippen MR) is 13.1 cm³/mol. The van der Waals surface area contributed by atoms with Crippen molar-refractivity contribution in [2.24, 2.45) is 0 Å². The van der Waals surface area contributed by atoms with Gasteiger partial charge >= 0.3 is 51.4 Å². The Kier molecular flexibility index (Phi) is 4.46. The summed E-state index contributed by atoms with van der Waals surface area (Å²) in [7, 11) is 0. The van der Waals surface area contributed by atoms with Crippen molar-refractivity contribution >= 4 is 0 Å². The summed E-state index contributed by atoms with van der Waals surface area (Å²) in [5.41, 5.74) is 0. The van der Waals surface area contributed by atoms with Crippen LogP contribution in [0.15, 0.2) is 10.8 Å². The fraction of sp³-hybridized carbons (Fsp3) is 0. The molecule has 0 amide bonds. The van der Waals surface area contributed by atoms with E-state index in [2.05, 4.69) is 21.0 Å². The van der Waals surface area contributed by atoms with Crippen LogP contribution in [0.4, 0.5) is 0 Å². The minimum absolute atomic E-state index is 0. The molecule has 26 valence electrons. The summed E-state index contributed by atoms with van der Waals surface area (Å²) in [6.45, 7) is 0. The normalized spacial score (nSPS) is 6.67. The average molecular weight is 108 g/mol. The van der Waals surface area contributed by atoms with E-state index in [1.165, 1.54) is 6.39 Å². The van der Waals surface area contributed by atoms with Gasteiger partial charge in [0.05, 0.1) is 6.39 Å². The van der Waals surface area contributed by atoms with Gasteiger partial charge in [0, 0.05) is 6.39 Å². The van der Waals surface area contributed by atoms with Crippen molar-refractivity contribution in [2.45, 2.75) is 0 Å². The Labute approximate surface area is 77.6 Å². The van der Waals surface area contributed by atoms with Crippen LogP contribution in [-0.2, 0) is 0 Å². The van der Waals surface area contributed by atoms with E-state index >= 15 is 0 Å². The van der Waals surface area contributed by atoms with Crippen LogP contribution in [0.2, 0.25) is 0 Å². The van der Waals surface area contributed by atoms with Gasteiger partial charge in [-0.2, -0.15) is 0 Å². The molecule has 0 unspecified atom stereocenters.